The molecule has 134 valence electrons. The maximum absolute atomic E-state index is 12.5. The van der Waals surface area contributed by atoms with Gasteiger partial charge in [-0.3, -0.25) is 14.9 Å². The van der Waals surface area contributed by atoms with E-state index in [0.717, 1.165) is 15.3 Å². The monoisotopic (exact) mass is 387 g/mol. The standard InChI is InChI=1S/C18H17N3O3S2/c1-3-20-15-11-13(21(23)24)7-10-16(15)26-18(20)19-17(22)12-5-8-14(9-6-12)25-4-2/h5-11H,3-4H2,1-2H3. The molecule has 0 aliphatic rings. The molecule has 0 atom stereocenters. The molecule has 1 amide bonds. The molecule has 1 heterocycles. The van der Waals surface area contributed by atoms with Gasteiger partial charge in [0, 0.05) is 29.1 Å². The molecule has 6 nitrogen and oxygen atoms in total. The summed E-state index contributed by atoms with van der Waals surface area (Å²) in [5.74, 6) is 0.656. The third-order valence-electron chi connectivity index (χ3n) is 3.80. The van der Waals surface area contributed by atoms with Crippen LogP contribution in [0.1, 0.15) is 24.2 Å². The molecule has 1 aromatic heterocycles. The molecule has 0 fully saturated rings. The van der Waals surface area contributed by atoms with Crippen LogP contribution in [0.15, 0.2) is 52.4 Å². The number of aromatic nitrogens is 1. The Hall–Kier alpha value is -2.45. The van der Waals surface area contributed by atoms with Gasteiger partial charge in [-0.2, -0.15) is 4.99 Å². The number of fused-ring (bicyclic) bond motifs is 1. The van der Waals surface area contributed by atoms with E-state index in [0.29, 0.717) is 22.4 Å². The number of nitrogens with zero attached hydrogens (tertiary/aromatic N) is 3. The predicted octanol–water partition coefficient (Wildman–Crippen LogP) is 4.48. The SMILES string of the molecule is CCSc1ccc(C(=O)N=c2sc3ccc([N+](=O)[O-])cc3n2CC)cc1. The van der Waals surface area contributed by atoms with Gasteiger partial charge in [-0.15, -0.1) is 11.8 Å². The second kappa shape index (κ2) is 7.84. The van der Waals surface area contributed by atoms with E-state index in [4.69, 9.17) is 0 Å². The molecule has 0 saturated carbocycles. The van der Waals surface area contributed by atoms with Crippen LogP contribution >= 0.6 is 23.1 Å². The van der Waals surface area contributed by atoms with E-state index >= 15 is 0 Å². The summed E-state index contributed by atoms with van der Waals surface area (Å²) in [6.45, 7) is 4.57. The Balaban J connectivity index is 2.03. The lowest BCUT2D eigenvalue weighted by Crippen LogP contribution is -2.15. The number of non-ortho nitro benzene ring substituents is 1. The minimum Gasteiger partial charge on any atom is -0.316 e. The second-order valence-electron chi connectivity index (χ2n) is 5.41. The molecule has 0 saturated heterocycles. The van der Waals surface area contributed by atoms with Crippen molar-refractivity contribution in [3.8, 4) is 0 Å². The molecule has 0 unspecified atom stereocenters. The van der Waals surface area contributed by atoms with E-state index in [2.05, 4.69) is 11.9 Å². The van der Waals surface area contributed by atoms with Crippen molar-refractivity contribution in [1.82, 2.24) is 4.57 Å². The van der Waals surface area contributed by atoms with Gasteiger partial charge in [-0.25, -0.2) is 0 Å². The van der Waals surface area contributed by atoms with Crippen molar-refractivity contribution in [2.75, 3.05) is 5.75 Å². The van der Waals surface area contributed by atoms with Gasteiger partial charge in [-0.05, 0) is 43.0 Å². The lowest BCUT2D eigenvalue weighted by atomic mass is 10.2. The van der Waals surface area contributed by atoms with Crippen LogP contribution in [0.2, 0.25) is 0 Å². The van der Waals surface area contributed by atoms with Gasteiger partial charge in [0.15, 0.2) is 4.80 Å². The van der Waals surface area contributed by atoms with Crippen LogP contribution in [-0.2, 0) is 6.54 Å². The number of thiazole rings is 1. The second-order valence-corrected chi connectivity index (χ2v) is 7.76. The van der Waals surface area contributed by atoms with Crippen LogP contribution in [-0.4, -0.2) is 21.2 Å². The fraction of sp³-hybridized carbons (Fsp3) is 0.222. The van der Waals surface area contributed by atoms with E-state index in [1.807, 2.05) is 23.6 Å². The summed E-state index contributed by atoms with van der Waals surface area (Å²) in [6, 6.07) is 12.1. The average molecular weight is 387 g/mol. The molecule has 0 spiro atoms. The lowest BCUT2D eigenvalue weighted by Gasteiger charge is -2.01. The Morgan fingerprint density at radius 3 is 2.58 bits per heavy atom. The highest BCUT2D eigenvalue weighted by molar-refractivity contribution is 7.99. The summed E-state index contributed by atoms with van der Waals surface area (Å²) in [5, 5.41) is 11.0. The topological polar surface area (TPSA) is 77.5 Å². The summed E-state index contributed by atoms with van der Waals surface area (Å²) in [7, 11) is 0. The van der Waals surface area contributed by atoms with Crippen LogP contribution in [0.5, 0.6) is 0 Å². The van der Waals surface area contributed by atoms with Gasteiger partial charge in [0.2, 0.25) is 0 Å². The minimum absolute atomic E-state index is 0.0272. The Labute approximate surface area is 158 Å². The van der Waals surface area contributed by atoms with E-state index < -0.39 is 4.92 Å². The van der Waals surface area contributed by atoms with Gasteiger partial charge in [0.1, 0.15) is 0 Å². The first-order chi connectivity index (χ1) is 12.5. The van der Waals surface area contributed by atoms with Gasteiger partial charge < -0.3 is 4.57 Å². The quantitative estimate of drug-likeness (QED) is 0.367. The highest BCUT2D eigenvalue weighted by atomic mass is 32.2. The zero-order chi connectivity index (χ0) is 18.7. The maximum atomic E-state index is 12.5. The number of aryl methyl sites for hydroxylation is 1. The van der Waals surface area contributed by atoms with Crippen molar-refractivity contribution >= 4 is 44.9 Å². The lowest BCUT2D eigenvalue weighted by molar-refractivity contribution is -0.384. The van der Waals surface area contributed by atoms with E-state index in [9.17, 15) is 14.9 Å². The van der Waals surface area contributed by atoms with Crippen molar-refractivity contribution in [3.05, 3.63) is 62.9 Å². The number of benzene rings is 2. The minimum atomic E-state index is -0.422. The predicted molar refractivity (Wildman–Crippen MR) is 105 cm³/mol. The zero-order valence-corrected chi connectivity index (χ0v) is 16.0. The first-order valence-electron chi connectivity index (χ1n) is 8.13. The Morgan fingerprint density at radius 1 is 1.23 bits per heavy atom. The average Bonchev–Trinajstić information content (AvgIpc) is 2.98. The van der Waals surface area contributed by atoms with Gasteiger partial charge in [0.25, 0.3) is 11.6 Å². The summed E-state index contributed by atoms with van der Waals surface area (Å²) in [4.78, 5) is 29.0. The van der Waals surface area contributed by atoms with Gasteiger partial charge in [0.05, 0.1) is 15.1 Å². The summed E-state index contributed by atoms with van der Waals surface area (Å²) in [6.07, 6.45) is 0. The maximum Gasteiger partial charge on any atom is 0.279 e. The fourth-order valence-corrected chi connectivity index (χ4v) is 4.31. The third-order valence-corrected chi connectivity index (χ3v) is 5.76. The van der Waals surface area contributed by atoms with Crippen molar-refractivity contribution in [1.29, 1.82) is 0 Å². The molecule has 8 heteroatoms. The Bertz CT molecular complexity index is 1040. The number of nitro groups is 1. The van der Waals surface area contributed by atoms with Crippen molar-refractivity contribution in [3.63, 3.8) is 0 Å². The molecule has 0 N–H and O–H groups in total. The van der Waals surface area contributed by atoms with Gasteiger partial charge >= 0.3 is 0 Å². The molecular formula is C18H17N3O3S2. The molecule has 3 rings (SSSR count). The number of amides is 1. The van der Waals surface area contributed by atoms with Crippen LogP contribution in [0.3, 0.4) is 0 Å². The zero-order valence-electron chi connectivity index (χ0n) is 14.3. The number of carbonyl (C=O) groups is 1. The molecule has 0 radical (unpaired) electrons. The van der Waals surface area contributed by atoms with Crippen LogP contribution < -0.4 is 4.80 Å². The molecular weight excluding hydrogens is 370 g/mol. The third kappa shape index (κ3) is 3.71. The van der Waals surface area contributed by atoms with E-state index in [1.165, 1.54) is 23.5 Å². The highest BCUT2D eigenvalue weighted by Gasteiger charge is 2.12. The van der Waals surface area contributed by atoms with Crippen molar-refractivity contribution < 1.29 is 9.72 Å². The highest BCUT2D eigenvalue weighted by Crippen LogP contribution is 2.23. The number of carbonyl (C=O) groups excluding carboxylic acids is 1. The number of hydrogen-bond donors (Lipinski definition) is 0. The van der Waals surface area contributed by atoms with Crippen LogP contribution in [0.25, 0.3) is 10.2 Å². The van der Waals surface area contributed by atoms with Gasteiger partial charge in [-0.1, -0.05) is 18.3 Å². The number of hydrogen-bond acceptors (Lipinski definition) is 5. The van der Waals surface area contributed by atoms with E-state index in [-0.39, 0.29) is 11.6 Å². The fourth-order valence-electron chi connectivity index (χ4n) is 2.57. The molecule has 26 heavy (non-hydrogen) atoms. The molecule has 0 aliphatic heterocycles. The smallest absolute Gasteiger partial charge is 0.279 e. The number of thioether (sulfide) groups is 1. The Morgan fingerprint density at radius 2 is 1.96 bits per heavy atom. The summed E-state index contributed by atoms with van der Waals surface area (Å²) < 4.78 is 2.69. The van der Waals surface area contributed by atoms with Crippen molar-refractivity contribution in [2.24, 2.45) is 4.99 Å². The number of nitro benzene ring substituents is 1. The van der Waals surface area contributed by atoms with Crippen molar-refractivity contribution in [2.45, 2.75) is 25.3 Å². The van der Waals surface area contributed by atoms with E-state index in [1.54, 1.807) is 30.0 Å². The molecule has 0 aliphatic carbocycles. The largest absolute Gasteiger partial charge is 0.316 e. The summed E-state index contributed by atoms with van der Waals surface area (Å²) in [5.41, 5.74) is 1.27. The normalized spacial score (nSPS) is 11.8. The van der Waals surface area contributed by atoms with Crippen LogP contribution in [0.4, 0.5) is 5.69 Å². The molecule has 3 aromatic rings. The summed E-state index contributed by atoms with van der Waals surface area (Å²) >= 11 is 3.07. The first-order valence-corrected chi connectivity index (χ1v) is 9.93. The Kier molecular flexibility index (Phi) is 5.53. The molecule has 2 aromatic carbocycles. The number of rotatable bonds is 5. The molecule has 0 bridgehead atoms. The first kappa shape index (κ1) is 18.3. The van der Waals surface area contributed by atoms with Crippen LogP contribution in [0, 0.1) is 10.1 Å².